The zero-order chi connectivity index (χ0) is 16.0. The van der Waals surface area contributed by atoms with Crippen LogP contribution < -0.4 is 16.6 Å². The molecule has 0 aliphatic carbocycles. The maximum atomic E-state index is 11.2. The van der Waals surface area contributed by atoms with Crippen LogP contribution in [0.5, 0.6) is 0 Å². The van der Waals surface area contributed by atoms with Crippen LogP contribution in [0.2, 0.25) is 0 Å². The van der Waals surface area contributed by atoms with Crippen LogP contribution in [0.3, 0.4) is 0 Å². The lowest BCUT2D eigenvalue weighted by Crippen LogP contribution is -2.33. The van der Waals surface area contributed by atoms with Crippen LogP contribution in [0.25, 0.3) is 0 Å². The number of anilines is 2. The summed E-state index contributed by atoms with van der Waals surface area (Å²) in [7, 11) is 0. The third kappa shape index (κ3) is 3.76. The normalized spacial score (nSPS) is 11.3. The largest absolute Gasteiger partial charge is 0.396 e. The van der Waals surface area contributed by atoms with Crippen molar-refractivity contribution in [3.05, 3.63) is 15.8 Å². The van der Waals surface area contributed by atoms with E-state index in [9.17, 15) is 15.2 Å². The maximum absolute atomic E-state index is 11.2. The van der Waals surface area contributed by atoms with E-state index in [1.54, 1.807) is 0 Å². The molecule has 0 amide bonds. The zero-order valence-corrected chi connectivity index (χ0v) is 12.5. The second-order valence-electron chi connectivity index (χ2n) is 4.95. The second-order valence-corrected chi connectivity index (χ2v) is 4.95. The summed E-state index contributed by atoms with van der Waals surface area (Å²) in [4.78, 5) is 18.5. The lowest BCUT2D eigenvalue weighted by atomic mass is 9.83. The number of aliphatic hydroxyl groups is 1. The molecular formula is C12H22N6O3. The predicted octanol–water partition coefficient (Wildman–Crippen LogP) is 1.19. The Morgan fingerprint density at radius 1 is 1.38 bits per heavy atom. The van der Waals surface area contributed by atoms with Gasteiger partial charge in [0.1, 0.15) is 5.69 Å². The Labute approximate surface area is 123 Å². The molecule has 0 saturated carbocycles. The van der Waals surface area contributed by atoms with Gasteiger partial charge in [0.15, 0.2) is 0 Å². The number of aliphatic hydroxyl groups excluding tert-OH is 1. The van der Waals surface area contributed by atoms with Gasteiger partial charge in [0, 0.05) is 12.0 Å². The van der Waals surface area contributed by atoms with Crippen molar-refractivity contribution < 1.29 is 10.0 Å². The SMILES string of the molecule is CCC(CC)(CO)CNc1nc(NN)nc(C)c1[N+](=O)[O-]. The zero-order valence-electron chi connectivity index (χ0n) is 12.5. The molecule has 0 unspecified atom stereocenters. The van der Waals surface area contributed by atoms with E-state index < -0.39 is 4.92 Å². The summed E-state index contributed by atoms with van der Waals surface area (Å²) in [5.41, 5.74) is 1.96. The number of nitrogens with two attached hydrogens (primary N) is 1. The summed E-state index contributed by atoms with van der Waals surface area (Å²) >= 11 is 0. The van der Waals surface area contributed by atoms with Gasteiger partial charge in [0.2, 0.25) is 11.8 Å². The highest BCUT2D eigenvalue weighted by molar-refractivity contribution is 5.60. The smallest absolute Gasteiger partial charge is 0.332 e. The van der Waals surface area contributed by atoms with Crippen LogP contribution in [0, 0.1) is 22.5 Å². The number of nitrogens with one attached hydrogen (secondary N) is 2. The Balaban J connectivity index is 3.11. The van der Waals surface area contributed by atoms with Crippen LogP contribution in [-0.2, 0) is 0 Å². The van der Waals surface area contributed by atoms with Gasteiger partial charge in [-0.1, -0.05) is 13.8 Å². The molecule has 9 heteroatoms. The number of hydrogen-bond acceptors (Lipinski definition) is 8. The second kappa shape index (κ2) is 7.14. The molecule has 0 aliphatic heterocycles. The first-order valence-electron chi connectivity index (χ1n) is 6.77. The number of nitrogen functional groups attached to an aromatic ring is 1. The molecular weight excluding hydrogens is 276 g/mol. The molecule has 0 atom stereocenters. The molecule has 1 aromatic heterocycles. The molecule has 118 valence electrons. The van der Waals surface area contributed by atoms with Gasteiger partial charge in [-0.25, -0.2) is 10.8 Å². The van der Waals surface area contributed by atoms with E-state index in [0.717, 1.165) is 12.8 Å². The summed E-state index contributed by atoms with van der Waals surface area (Å²) in [6, 6.07) is 0. The molecule has 0 fully saturated rings. The van der Waals surface area contributed by atoms with Crippen molar-refractivity contribution in [1.82, 2.24) is 9.97 Å². The summed E-state index contributed by atoms with van der Waals surface area (Å²) in [6.45, 7) is 5.82. The van der Waals surface area contributed by atoms with Gasteiger partial charge in [-0.15, -0.1) is 0 Å². The fourth-order valence-electron chi connectivity index (χ4n) is 2.02. The minimum Gasteiger partial charge on any atom is -0.396 e. The maximum Gasteiger partial charge on any atom is 0.332 e. The Morgan fingerprint density at radius 3 is 2.43 bits per heavy atom. The van der Waals surface area contributed by atoms with Crippen molar-refractivity contribution >= 4 is 17.5 Å². The number of rotatable bonds is 8. The van der Waals surface area contributed by atoms with E-state index in [4.69, 9.17) is 5.84 Å². The number of hydrazine groups is 1. The number of hydrogen-bond donors (Lipinski definition) is 4. The third-order valence-corrected chi connectivity index (χ3v) is 3.84. The van der Waals surface area contributed by atoms with E-state index in [1.807, 2.05) is 13.8 Å². The quantitative estimate of drug-likeness (QED) is 0.319. The summed E-state index contributed by atoms with van der Waals surface area (Å²) < 4.78 is 0. The van der Waals surface area contributed by atoms with Crippen LogP contribution in [-0.4, -0.2) is 33.1 Å². The molecule has 0 aromatic carbocycles. The molecule has 0 radical (unpaired) electrons. The van der Waals surface area contributed by atoms with Crippen molar-refractivity contribution in [3.63, 3.8) is 0 Å². The molecule has 9 nitrogen and oxygen atoms in total. The average Bonchev–Trinajstić information content (AvgIpc) is 2.48. The van der Waals surface area contributed by atoms with Crippen LogP contribution in [0.4, 0.5) is 17.5 Å². The molecule has 1 rings (SSSR count). The fourth-order valence-corrected chi connectivity index (χ4v) is 2.02. The Morgan fingerprint density at radius 2 is 2.00 bits per heavy atom. The lowest BCUT2D eigenvalue weighted by Gasteiger charge is -2.29. The van der Waals surface area contributed by atoms with Crippen LogP contribution in [0.1, 0.15) is 32.4 Å². The van der Waals surface area contributed by atoms with Crippen molar-refractivity contribution in [2.75, 3.05) is 23.9 Å². The van der Waals surface area contributed by atoms with E-state index in [1.165, 1.54) is 6.92 Å². The number of aryl methyl sites for hydroxylation is 1. The minimum absolute atomic E-state index is 0.00708. The number of nitrogens with zero attached hydrogens (tertiary/aromatic N) is 3. The Hall–Kier alpha value is -2.00. The first-order valence-corrected chi connectivity index (χ1v) is 6.77. The lowest BCUT2D eigenvalue weighted by molar-refractivity contribution is -0.385. The van der Waals surface area contributed by atoms with Gasteiger partial charge in [-0.05, 0) is 19.8 Å². The van der Waals surface area contributed by atoms with Gasteiger partial charge >= 0.3 is 5.69 Å². The highest BCUT2D eigenvalue weighted by Gasteiger charge is 2.28. The van der Waals surface area contributed by atoms with Gasteiger partial charge in [-0.2, -0.15) is 4.98 Å². The van der Waals surface area contributed by atoms with Crippen molar-refractivity contribution in [2.24, 2.45) is 11.3 Å². The number of aromatic nitrogens is 2. The van der Waals surface area contributed by atoms with Gasteiger partial charge in [0.05, 0.1) is 11.5 Å². The first-order chi connectivity index (χ1) is 9.92. The van der Waals surface area contributed by atoms with Gasteiger partial charge < -0.3 is 10.4 Å². The molecule has 0 bridgehead atoms. The standard InChI is InChI=1S/C12H22N6O3/c1-4-12(5-2,7-19)6-14-10-9(18(20)21)8(3)15-11(16-10)17-13/h19H,4-7,13H2,1-3H3,(H2,14,15,16,17). The fraction of sp³-hybridized carbons (Fsp3) is 0.667. The van der Waals surface area contributed by atoms with Gasteiger partial charge in [0.25, 0.3) is 0 Å². The highest BCUT2D eigenvalue weighted by Crippen LogP contribution is 2.30. The Bertz CT molecular complexity index is 496. The minimum atomic E-state index is -0.531. The molecule has 21 heavy (non-hydrogen) atoms. The van der Waals surface area contributed by atoms with Crippen LogP contribution >= 0.6 is 0 Å². The molecule has 5 N–H and O–H groups in total. The predicted molar refractivity (Wildman–Crippen MR) is 79.8 cm³/mol. The van der Waals surface area contributed by atoms with Gasteiger partial charge in [-0.3, -0.25) is 15.5 Å². The van der Waals surface area contributed by atoms with Crippen molar-refractivity contribution in [2.45, 2.75) is 33.6 Å². The van der Waals surface area contributed by atoms with E-state index in [0.29, 0.717) is 6.54 Å². The average molecular weight is 298 g/mol. The van der Waals surface area contributed by atoms with Crippen LogP contribution in [0.15, 0.2) is 0 Å². The topological polar surface area (TPSA) is 139 Å². The highest BCUT2D eigenvalue weighted by atomic mass is 16.6. The molecule has 0 saturated heterocycles. The number of nitro groups is 1. The first kappa shape index (κ1) is 17.1. The monoisotopic (exact) mass is 298 g/mol. The van der Waals surface area contributed by atoms with Crippen molar-refractivity contribution in [3.8, 4) is 0 Å². The summed E-state index contributed by atoms with van der Waals surface area (Å²) in [6.07, 6.45) is 1.49. The van der Waals surface area contributed by atoms with E-state index in [-0.39, 0.29) is 35.2 Å². The Kier molecular flexibility index (Phi) is 5.79. The van der Waals surface area contributed by atoms with E-state index >= 15 is 0 Å². The third-order valence-electron chi connectivity index (χ3n) is 3.84. The van der Waals surface area contributed by atoms with Crippen molar-refractivity contribution in [1.29, 1.82) is 0 Å². The molecule has 0 spiro atoms. The van der Waals surface area contributed by atoms with E-state index in [2.05, 4.69) is 20.7 Å². The molecule has 1 aromatic rings. The molecule has 0 aliphatic rings. The molecule has 1 heterocycles. The summed E-state index contributed by atoms with van der Waals surface area (Å²) in [5.74, 6) is 5.46. The summed E-state index contributed by atoms with van der Waals surface area (Å²) in [5, 5.41) is 23.7.